The summed E-state index contributed by atoms with van der Waals surface area (Å²) in [5.41, 5.74) is 1.85. The Bertz CT molecular complexity index is 668. The van der Waals surface area contributed by atoms with E-state index in [2.05, 4.69) is 0 Å². The van der Waals surface area contributed by atoms with E-state index in [0.29, 0.717) is 23.4 Å². The van der Waals surface area contributed by atoms with Gasteiger partial charge in [0.15, 0.2) is 0 Å². The number of rotatable bonds is 4. The van der Waals surface area contributed by atoms with Gasteiger partial charge in [-0.15, -0.1) is 0 Å². The molecule has 0 saturated carbocycles. The molecule has 0 aliphatic heterocycles. The van der Waals surface area contributed by atoms with Crippen molar-refractivity contribution in [2.24, 2.45) is 0 Å². The summed E-state index contributed by atoms with van der Waals surface area (Å²) in [6.07, 6.45) is 0. The number of anilines is 1. The third-order valence-electron chi connectivity index (χ3n) is 3.27. The molecule has 5 nitrogen and oxygen atoms in total. The van der Waals surface area contributed by atoms with Crippen molar-refractivity contribution in [3.05, 3.63) is 69.8 Å². The summed E-state index contributed by atoms with van der Waals surface area (Å²) in [6, 6.07) is 13.7. The van der Waals surface area contributed by atoms with Crippen molar-refractivity contribution in [3.8, 4) is 0 Å². The molecular weight excluding hydrogens is 268 g/mol. The Morgan fingerprint density at radius 1 is 1.19 bits per heavy atom. The number of carbonyl (C=O) groups excluding carboxylic acids is 1. The normalized spacial score (nSPS) is 10.2. The quantitative estimate of drug-likeness (QED) is 0.637. The van der Waals surface area contributed by atoms with Gasteiger partial charge in [-0.05, 0) is 38.1 Å². The van der Waals surface area contributed by atoms with Crippen LogP contribution in [0.2, 0.25) is 0 Å². The topological polar surface area (TPSA) is 63.5 Å². The Kier molecular flexibility index (Phi) is 4.33. The third kappa shape index (κ3) is 3.08. The van der Waals surface area contributed by atoms with Gasteiger partial charge < -0.3 is 4.90 Å². The number of carbonyl (C=O) groups is 1. The van der Waals surface area contributed by atoms with Crippen molar-refractivity contribution in [1.82, 2.24) is 0 Å². The first-order valence-corrected chi connectivity index (χ1v) is 6.66. The zero-order chi connectivity index (χ0) is 15.4. The minimum Gasteiger partial charge on any atom is -0.309 e. The van der Waals surface area contributed by atoms with Crippen LogP contribution in [0.4, 0.5) is 11.4 Å². The van der Waals surface area contributed by atoms with Gasteiger partial charge in [0.05, 0.1) is 4.92 Å². The minimum absolute atomic E-state index is 0.0574. The molecule has 5 heteroatoms. The molecule has 21 heavy (non-hydrogen) atoms. The number of hydrogen-bond donors (Lipinski definition) is 0. The maximum atomic E-state index is 12.5. The van der Waals surface area contributed by atoms with Crippen molar-refractivity contribution >= 4 is 17.3 Å². The van der Waals surface area contributed by atoms with Gasteiger partial charge in [0.2, 0.25) is 0 Å². The van der Waals surface area contributed by atoms with Crippen molar-refractivity contribution in [2.75, 3.05) is 11.4 Å². The molecule has 0 spiro atoms. The van der Waals surface area contributed by atoms with E-state index in [1.165, 1.54) is 6.07 Å². The predicted molar refractivity (Wildman–Crippen MR) is 81.6 cm³/mol. The average Bonchev–Trinajstić information content (AvgIpc) is 2.48. The SMILES string of the molecule is CCN(C(=O)c1ccccc1)c1ccc([N+](=O)[O-])c(C)c1. The zero-order valence-electron chi connectivity index (χ0n) is 11.9. The predicted octanol–water partition coefficient (Wildman–Crippen LogP) is 3.57. The van der Waals surface area contributed by atoms with Gasteiger partial charge in [-0.25, -0.2) is 0 Å². The molecule has 0 aliphatic rings. The van der Waals surface area contributed by atoms with Crippen LogP contribution in [0.3, 0.4) is 0 Å². The molecule has 0 N–H and O–H groups in total. The summed E-state index contributed by atoms with van der Waals surface area (Å²) in [7, 11) is 0. The van der Waals surface area contributed by atoms with Gasteiger partial charge in [-0.1, -0.05) is 18.2 Å². The van der Waals surface area contributed by atoms with Gasteiger partial charge in [0.25, 0.3) is 11.6 Å². The number of nitro groups is 1. The molecule has 2 aromatic carbocycles. The lowest BCUT2D eigenvalue weighted by Crippen LogP contribution is -2.30. The molecule has 0 radical (unpaired) electrons. The van der Waals surface area contributed by atoms with E-state index in [1.54, 1.807) is 36.1 Å². The van der Waals surface area contributed by atoms with Crippen LogP contribution in [0.5, 0.6) is 0 Å². The summed E-state index contributed by atoms with van der Waals surface area (Å²) in [6.45, 7) is 4.03. The third-order valence-corrected chi connectivity index (χ3v) is 3.27. The highest BCUT2D eigenvalue weighted by atomic mass is 16.6. The maximum Gasteiger partial charge on any atom is 0.272 e. The van der Waals surface area contributed by atoms with E-state index < -0.39 is 4.92 Å². The molecule has 0 bridgehead atoms. The number of aryl methyl sites for hydroxylation is 1. The van der Waals surface area contributed by atoms with Gasteiger partial charge in [0, 0.05) is 29.4 Å². The summed E-state index contributed by atoms with van der Waals surface area (Å²) in [5, 5.41) is 10.9. The molecule has 0 aromatic heterocycles. The molecule has 0 aliphatic carbocycles. The molecular formula is C16H16N2O3. The zero-order valence-corrected chi connectivity index (χ0v) is 11.9. The fourth-order valence-corrected chi connectivity index (χ4v) is 2.19. The van der Waals surface area contributed by atoms with Crippen molar-refractivity contribution in [2.45, 2.75) is 13.8 Å². The molecule has 2 aromatic rings. The average molecular weight is 284 g/mol. The summed E-state index contributed by atoms with van der Waals surface area (Å²) in [5.74, 6) is -0.119. The number of nitro benzene ring substituents is 1. The molecule has 0 fully saturated rings. The van der Waals surface area contributed by atoms with Crippen LogP contribution in [0.1, 0.15) is 22.8 Å². The second-order valence-electron chi connectivity index (χ2n) is 4.64. The van der Waals surface area contributed by atoms with Crippen LogP contribution in [0.25, 0.3) is 0 Å². The Balaban J connectivity index is 2.36. The van der Waals surface area contributed by atoms with E-state index in [0.717, 1.165) is 0 Å². The van der Waals surface area contributed by atoms with Crippen molar-refractivity contribution in [3.63, 3.8) is 0 Å². The van der Waals surface area contributed by atoms with Gasteiger partial charge in [-0.2, -0.15) is 0 Å². The second kappa shape index (κ2) is 6.17. The van der Waals surface area contributed by atoms with E-state index >= 15 is 0 Å². The maximum absolute atomic E-state index is 12.5. The number of nitrogens with zero attached hydrogens (tertiary/aromatic N) is 2. The monoisotopic (exact) mass is 284 g/mol. The fraction of sp³-hybridized carbons (Fsp3) is 0.188. The largest absolute Gasteiger partial charge is 0.309 e. The first-order valence-electron chi connectivity index (χ1n) is 6.66. The Labute approximate surface area is 123 Å². The van der Waals surface area contributed by atoms with Crippen LogP contribution >= 0.6 is 0 Å². The molecule has 0 heterocycles. The van der Waals surface area contributed by atoms with Gasteiger partial charge in [0.1, 0.15) is 0 Å². The van der Waals surface area contributed by atoms with E-state index in [1.807, 2.05) is 25.1 Å². The highest BCUT2D eigenvalue weighted by Gasteiger charge is 2.18. The highest BCUT2D eigenvalue weighted by molar-refractivity contribution is 6.06. The van der Waals surface area contributed by atoms with Crippen molar-refractivity contribution in [1.29, 1.82) is 0 Å². The van der Waals surface area contributed by atoms with Crippen LogP contribution in [0.15, 0.2) is 48.5 Å². The lowest BCUT2D eigenvalue weighted by Gasteiger charge is -2.21. The van der Waals surface area contributed by atoms with Crippen LogP contribution < -0.4 is 4.90 Å². The number of amides is 1. The molecule has 0 atom stereocenters. The highest BCUT2D eigenvalue weighted by Crippen LogP contribution is 2.25. The Hall–Kier alpha value is -2.69. The van der Waals surface area contributed by atoms with Crippen molar-refractivity contribution < 1.29 is 9.72 Å². The summed E-state index contributed by atoms with van der Waals surface area (Å²) < 4.78 is 0. The fourth-order valence-electron chi connectivity index (χ4n) is 2.19. The smallest absolute Gasteiger partial charge is 0.272 e. The van der Waals surface area contributed by atoms with Gasteiger partial charge in [-0.3, -0.25) is 14.9 Å². The van der Waals surface area contributed by atoms with Crippen LogP contribution in [-0.4, -0.2) is 17.4 Å². The number of hydrogen-bond acceptors (Lipinski definition) is 3. The minimum atomic E-state index is -0.422. The van der Waals surface area contributed by atoms with Crippen LogP contribution in [-0.2, 0) is 0 Å². The molecule has 0 saturated heterocycles. The lowest BCUT2D eigenvalue weighted by atomic mass is 10.1. The Morgan fingerprint density at radius 3 is 2.38 bits per heavy atom. The molecule has 1 amide bonds. The standard InChI is InChI=1S/C16H16N2O3/c1-3-17(16(19)13-7-5-4-6-8-13)14-9-10-15(18(20)21)12(2)11-14/h4-11H,3H2,1-2H3. The van der Waals surface area contributed by atoms with E-state index in [-0.39, 0.29) is 11.6 Å². The second-order valence-corrected chi connectivity index (χ2v) is 4.64. The Morgan fingerprint density at radius 2 is 1.86 bits per heavy atom. The van der Waals surface area contributed by atoms with Crippen LogP contribution in [0, 0.1) is 17.0 Å². The van der Waals surface area contributed by atoms with E-state index in [9.17, 15) is 14.9 Å². The molecule has 0 unspecified atom stereocenters. The first-order chi connectivity index (χ1) is 10.0. The molecule has 2 rings (SSSR count). The lowest BCUT2D eigenvalue weighted by molar-refractivity contribution is -0.385. The van der Waals surface area contributed by atoms with E-state index in [4.69, 9.17) is 0 Å². The first kappa shape index (κ1) is 14.7. The summed E-state index contributed by atoms with van der Waals surface area (Å²) >= 11 is 0. The number of benzene rings is 2. The summed E-state index contributed by atoms with van der Waals surface area (Å²) in [4.78, 5) is 24.5. The molecule has 108 valence electrons. The van der Waals surface area contributed by atoms with Gasteiger partial charge >= 0.3 is 0 Å².